The van der Waals surface area contributed by atoms with E-state index in [-0.39, 0.29) is 18.7 Å². The molecule has 0 saturated carbocycles. The molecule has 1 fully saturated rings. The van der Waals surface area contributed by atoms with Gasteiger partial charge in [-0.2, -0.15) is 0 Å². The van der Waals surface area contributed by atoms with Gasteiger partial charge in [-0.1, -0.05) is 95.0 Å². The molecule has 5 aromatic rings. The summed E-state index contributed by atoms with van der Waals surface area (Å²) in [5.41, 5.74) is 6.97. The van der Waals surface area contributed by atoms with Gasteiger partial charge >= 0.3 is 6.09 Å². The molecular weight excluding hydrogens is 586 g/mol. The fraction of sp³-hybridized carbons (Fsp3) is 0.286. The molecule has 0 spiro atoms. The van der Waals surface area contributed by atoms with Crippen LogP contribution in [0.25, 0.3) is 33.6 Å². The Bertz CT molecular complexity index is 1700. The van der Waals surface area contributed by atoms with Crippen LogP contribution in [0.5, 0.6) is 0 Å². The lowest BCUT2D eigenvalue weighted by atomic mass is 10.0. The number of hydrogen-bond donors (Lipinski definition) is 3. The Labute approximate surface area is 265 Å². The van der Waals surface area contributed by atoms with Crippen molar-refractivity contribution in [2.45, 2.75) is 51.3 Å². The SMILES string of the molecule is CCCNCc1nc(C(F)P)c(-c2ccc(-c3ccc(-c4cnc(C5CCCN5C(=O)OCc5ccccc5)[nH]4)cc3)cc2)[nH]1. The molecule has 232 valence electrons. The van der Waals surface area contributed by atoms with Crippen LogP contribution in [0.15, 0.2) is 85.1 Å². The van der Waals surface area contributed by atoms with Gasteiger partial charge in [-0.15, -0.1) is 0 Å². The Morgan fingerprint density at radius 1 is 1.02 bits per heavy atom. The van der Waals surface area contributed by atoms with Crippen LogP contribution in [0.1, 0.15) is 61.0 Å². The van der Waals surface area contributed by atoms with Crippen molar-refractivity contribution in [1.29, 1.82) is 0 Å². The van der Waals surface area contributed by atoms with Gasteiger partial charge in [-0.25, -0.2) is 19.2 Å². The number of imidazole rings is 2. The molecule has 0 bridgehead atoms. The van der Waals surface area contributed by atoms with Crippen molar-refractivity contribution >= 4 is 15.3 Å². The highest BCUT2D eigenvalue weighted by Gasteiger charge is 2.33. The lowest BCUT2D eigenvalue weighted by Crippen LogP contribution is -2.31. The summed E-state index contributed by atoms with van der Waals surface area (Å²) in [5, 5.41) is 3.31. The molecule has 2 aromatic heterocycles. The quantitative estimate of drug-likeness (QED) is 0.102. The normalized spacial score (nSPS) is 15.4. The molecule has 1 amide bonds. The number of benzene rings is 3. The average molecular weight is 625 g/mol. The van der Waals surface area contributed by atoms with Crippen LogP contribution in [-0.2, 0) is 17.9 Å². The van der Waals surface area contributed by atoms with Gasteiger partial charge in [0, 0.05) is 12.1 Å². The van der Waals surface area contributed by atoms with Crippen LogP contribution in [-0.4, -0.2) is 44.0 Å². The molecule has 3 unspecified atom stereocenters. The van der Waals surface area contributed by atoms with E-state index in [0.717, 1.165) is 71.0 Å². The number of halogens is 1. The van der Waals surface area contributed by atoms with E-state index < -0.39 is 5.91 Å². The second-order valence-electron chi connectivity index (χ2n) is 11.3. The van der Waals surface area contributed by atoms with Crippen LogP contribution >= 0.6 is 9.24 Å². The number of ether oxygens (including phenoxy) is 1. The van der Waals surface area contributed by atoms with E-state index in [1.54, 1.807) is 4.90 Å². The molecule has 6 rings (SSSR count). The van der Waals surface area contributed by atoms with E-state index in [1.807, 2.05) is 60.8 Å². The van der Waals surface area contributed by atoms with Crippen molar-refractivity contribution in [3.63, 3.8) is 0 Å². The minimum Gasteiger partial charge on any atom is -0.445 e. The van der Waals surface area contributed by atoms with E-state index in [2.05, 4.69) is 65.7 Å². The summed E-state index contributed by atoms with van der Waals surface area (Å²) in [6.07, 6.45) is 4.26. The molecule has 10 heteroatoms. The molecule has 3 aromatic carbocycles. The smallest absolute Gasteiger partial charge is 0.410 e. The highest BCUT2D eigenvalue weighted by atomic mass is 31.0. The van der Waals surface area contributed by atoms with E-state index in [4.69, 9.17) is 4.74 Å². The number of carbonyl (C=O) groups excluding carboxylic acids is 1. The van der Waals surface area contributed by atoms with Crippen molar-refractivity contribution < 1.29 is 13.9 Å². The van der Waals surface area contributed by atoms with Crippen molar-refractivity contribution in [1.82, 2.24) is 30.2 Å². The number of nitrogens with zero attached hydrogens (tertiary/aromatic N) is 3. The third kappa shape index (κ3) is 7.16. The molecule has 1 saturated heterocycles. The van der Waals surface area contributed by atoms with Gasteiger partial charge in [-0.3, -0.25) is 4.90 Å². The number of hydrogen-bond acceptors (Lipinski definition) is 5. The Morgan fingerprint density at radius 3 is 2.40 bits per heavy atom. The fourth-order valence-corrected chi connectivity index (χ4v) is 5.96. The summed E-state index contributed by atoms with van der Waals surface area (Å²) >= 11 is 0. The van der Waals surface area contributed by atoms with Crippen LogP contribution in [0, 0.1) is 0 Å². The van der Waals surface area contributed by atoms with Gasteiger partial charge in [0.15, 0.2) is 5.91 Å². The lowest BCUT2D eigenvalue weighted by molar-refractivity contribution is 0.0910. The minimum absolute atomic E-state index is 0.141. The van der Waals surface area contributed by atoms with E-state index in [0.29, 0.717) is 24.5 Å². The molecule has 0 radical (unpaired) electrons. The molecule has 45 heavy (non-hydrogen) atoms. The maximum atomic E-state index is 14.4. The Hall–Kier alpha value is -4.33. The number of aromatic amines is 2. The summed E-state index contributed by atoms with van der Waals surface area (Å²) in [6.45, 7) is 4.45. The van der Waals surface area contributed by atoms with Crippen molar-refractivity contribution in [3.8, 4) is 33.6 Å². The zero-order valence-corrected chi connectivity index (χ0v) is 26.5. The van der Waals surface area contributed by atoms with Gasteiger partial charge in [-0.05, 0) is 48.1 Å². The Balaban J connectivity index is 1.11. The van der Waals surface area contributed by atoms with Crippen molar-refractivity contribution in [3.05, 3.63) is 108 Å². The van der Waals surface area contributed by atoms with Gasteiger partial charge in [0.2, 0.25) is 0 Å². The summed E-state index contributed by atoms with van der Waals surface area (Å²) in [6, 6.07) is 25.9. The number of rotatable bonds is 11. The van der Waals surface area contributed by atoms with Crippen molar-refractivity contribution in [2.75, 3.05) is 13.1 Å². The van der Waals surface area contributed by atoms with Gasteiger partial charge in [0.25, 0.3) is 0 Å². The van der Waals surface area contributed by atoms with E-state index in [9.17, 15) is 9.18 Å². The number of likely N-dealkylation sites (tertiary alicyclic amines) is 1. The predicted octanol–water partition coefficient (Wildman–Crippen LogP) is 7.95. The third-order valence-electron chi connectivity index (χ3n) is 8.07. The van der Waals surface area contributed by atoms with Crippen LogP contribution < -0.4 is 5.32 Å². The molecule has 0 aliphatic carbocycles. The fourth-order valence-electron chi connectivity index (χ4n) is 5.72. The minimum atomic E-state index is -1.25. The number of aromatic nitrogens is 4. The molecule has 3 atom stereocenters. The number of carbonyl (C=O) groups is 1. The molecule has 1 aliphatic heterocycles. The van der Waals surface area contributed by atoms with Gasteiger partial charge in [0.05, 0.1) is 30.2 Å². The number of alkyl halides is 1. The summed E-state index contributed by atoms with van der Waals surface area (Å²) in [4.78, 5) is 30.5. The summed E-state index contributed by atoms with van der Waals surface area (Å²) in [7, 11) is 2.20. The standard InChI is InChI=1S/C35H38FN6O2P/c1-2-18-37-21-30-40-31(32(41-30)33(36)45)27-16-12-25(13-17-27)24-10-14-26(15-11-24)28-20-38-34(39-28)29-9-6-19-42(29)35(43)44-22-23-7-4-3-5-8-23/h3-5,7-8,10-17,20,29,33,37H,2,6,9,18-19,21-22,45H2,1H3,(H,38,39)(H,40,41). The molecule has 3 N–H and O–H groups in total. The molecule has 1 aliphatic rings. The van der Waals surface area contributed by atoms with Gasteiger partial charge in [0.1, 0.15) is 23.9 Å². The van der Waals surface area contributed by atoms with Crippen LogP contribution in [0.3, 0.4) is 0 Å². The zero-order chi connectivity index (χ0) is 31.2. The van der Waals surface area contributed by atoms with Crippen LogP contribution in [0.2, 0.25) is 0 Å². The molecule has 8 nitrogen and oxygen atoms in total. The number of H-pyrrole nitrogens is 2. The number of nitrogens with one attached hydrogen (secondary N) is 3. The highest BCUT2D eigenvalue weighted by Crippen LogP contribution is 2.35. The first kappa shape index (κ1) is 30.7. The number of amides is 1. The summed E-state index contributed by atoms with van der Waals surface area (Å²) in [5.74, 6) is 0.239. The third-order valence-corrected chi connectivity index (χ3v) is 8.38. The Morgan fingerprint density at radius 2 is 1.71 bits per heavy atom. The summed E-state index contributed by atoms with van der Waals surface area (Å²) < 4.78 is 20.0. The predicted molar refractivity (Wildman–Crippen MR) is 178 cm³/mol. The second kappa shape index (κ2) is 14.2. The Kier molecular flexibility index (Phi) is 9.67. The largest absolute Gasteiger partial charge is 0.445 e. The lowest BCUT2D eigenvalue weighted by Gasteiger charge is -2.22. The maximum Gasteiger partial charge on any atom is 0.410 e. The topological polar surface area (TPSA) is 98.9 Å². The highest BCUT2D eigenvalue weighted by molar-refractivity contribution is 7.16. The first-order valence-electron chi connectivity index (χ1n) is 15.4. The first-order valence-corrected chi connectivity index (χ1v) is 16.1. The molecule has 3 heterocycles. The zero-order valence-electron chi connectivity index (χ0n) is 25.3. The average Bonchev–Trinajstić information content (AvgIpc) is 3.85. The van der Waals surface area contributed by atoms with E-state index in [1.165, 1.54) is 0 Å². The van der Waals surface area contributed by atoms with Crippen LogP contribution in [0.4, 0.5) is 9.18 Å². The first-order chi connectivity index (χ1) is 22.0. The van der Waals surface area contributed by atoms with Crippen molar-refractivity contribution in [2.24, 2.45) is 0 Å². The second-order valence-corrected chi connectivity index (χ2v) is 11.8. The maximum absolute atomic E-state index is 14.4. The molecular formula is C35H38FN6O2P. The monoisotopic (exact) mass is 624 g/mol. The van der Waals surface area contributed by atoms with Gasteiger partial charge < -0.3 is 20.0 Å². The van der Waals surface area contributed by atoms with E-state index >= 15 is 0 Å².